The van der Waals surface area contributed by atoms with E-state index in [-0.39, 0.29) is 16.6 Å². The molecule has 0 aliphatic heterocycles. The number of rotatable bonds is 1. The fourth-order valence-electron chi connectivity index (χ4n) is 5.07. The molecule has 2 aliphatic rings. The van der Waals surface area contributed by atoms with Crippen LogP contribution >= 0.6 is 0 Å². The van der Waals surface area contributed by atoms with Gasteiger partial charge in [-0.25, -0.2) is 4.39 Å². The summed E-state index contributed by atoms with van der Waals surface area (Å²) >= 11 is 0. The van der Waals surface area contributed by atoms with E-state index < -0.39 is 5.60 Å². The van der Waals surface area contributed by atoms with Crippen molar-refractivity contribution in [3.63, 3.8) is 0 Å². The third-order valence-corrected chi connectivity index (χ3v) is 6.40. The molecule has 0 saturated heterocycles. The Morgan fingerprint density at radius 1 is 1.24 bits per heavy atom. The number of aliphatic hydroxyl groups is 1. The molecule has 2 aliphatic carbocycles. The molecule has 2 saturated carbocycles. The second kappa shape index (κ2) is 3.70. The van der Waals surface area contributed by atoms with Crippen LogP contribution in [-0.4, -0.2) is 5.11 Å². The molecule has 1 heterocycles. The van der Waals surface area contributed by atoms with Crippen LogP contribution in [-0.2, 0) is 5.60 Å². The molecule has 1 aromatic heterocycles. The van der Waals surface area contributed by atoms with Crippen LogP contribution in [0.1, 0.15) is 45.8 Å². The lowest BCUT2D eigenvalue weighted by Gasteiger charge is -2.49. The van der Waals surface area contributed by atoms with E-state index >= 15 is 0 Å². The van der Waals surface area contributed by atoms with Gasteiger partial charge in [-0.15, -0.1) is 0 Å². The lowest BCUT2D eigenvalue weighted by molar-refractivity contribution is -0.162. The standard InChI is InChI=1S/C18H21FO2/c1-16(2)12-6-7-17(3,10-12)18(16,20)15-9-11-8-13(19)4-5-14(11)21-15/h4-5,8-9,12,20H,6-7,10H2,1-3H3. The van der Waals surface area contributed by atoms with Crippen molar-refractivity contribution in [2.24, 2.45) is 16.7 Å². The van der Waals surface area contributed by atoms with Gasteiger partial charge in [0.1, 0.15) is 22.8 Å². The first-order chi connectivity index (χ1) is 9.78. The number of hydrogen-bond donors (Lipinski definition) is 1. The number of benzene rings is 1. The number of halogens is 1. The Balaban J connectivity index is 1.94. The molecule has 21 heavy (non-hydrogen) atoms. The molecule has 2 nitrogen and oxygen atoms in total. The van der Waals surface area contributed by atoms with Crippen LogP contribution in [0.25, 0.3) is 11.0 Å². The van der Waals surface area contributed by atoms with Gasteiger partial charge in [0, 0.05) is 16.2 Å². The fraction of sp³-hybridized carbons (Fsp3) is 0.556. The molecule has 1 N–H and O–H groups in total. The summed E-state index contributed by atoms with van der Waals surface area (Å²) in [6.07, 6.45) is 3.21. The molecule has 3 heteroatoms. The maximum Gasteiger partial charge on any atom is 0.138 e. The normalized spacial score (nSPS) is 37.5. The van der Waals surface area contributed by atoms with Crippen molar-refractivity contribution in [2.45, 2.75) is 45.6 Å². The van der Waals surface area contributed by atoms with Crippen molar-refractivity contribution in [3.05, 3.63) is 35.8 Å². The predicted octanol–water partition coefficient (Wildman–Crippen LogP) is 4.61. The summed E-state index contributed by atoms with van der Waals surface area (Å²) in [5, 5.41) is 12.3. The zero-order valence-electron chi connectivity index (χ0n) is 12.7. The zero-order chi connectivity index (χ0) is 15.0. The molecule has 2 fully saturated rings. The van der Waals surface area contributed by atoms with Gasteiger partial charge in [0.2, 0.25) is 0 Å². The maximum absolute atomic E-state index is 13.4. The highest BCUT2D eigenvalue weighted by molar-refractivity contribution is 5.78. The Labute approximate surface area is 124 Å². The Hall–Kier alpha value is -1.35. The van der Waals surface area contributed by atoms with E-state index in [2.05, 4.69) is 20.8 Å². The molecule has 3 atom stereocenters. The first-order valence-corrected chi connectivity index (χ1v) is 7.70. The van der Waals surface area contributed by atoms with Gasteiger partial charge in [0.15, 0.2) is 0 Å². The monoisotopic (exact) mass is 288 g/mol. The highest BCUT2D eigenvalue weighted by atomic mass is 19.1. The first kappa shape index (κ1) is 13.3. The minimum atomic E-state index is -0.988. The van der Waals surface area contributed by atoms with Crippen molar-refractivity contribution in [2.75, 3.05) is 0 Å². The minimum absolute atomic E-state index is 0.159. The third kappa shape index (κ3) is 1.41. The van der Waals surface area contributed by atoms with E-state index in [4.69, 9.17) is 4.42 Å². The summed E-state index contributed by atoms with van der Waals surface area (Å²) in [6, 6.07) is 6.33. The van der Waals surface area contributed by atoms with E-state index in [0.29, 0.717) is 17.3 Å². The lowest BCUT2D eigenvalue weighted by Crippen LogP contribution is -2.51. The van der Waals surface area contributed by atoms with Crippen molar-refractivity contribution in [1.29, 1.82) is 0 Å². The van der Waals surface area contributed by atoms with Gasteiger partial charge in [0.25, 0.3) is 0 Å². The van der Waals surface area contributed by atoms with Crippen LogP contribution < -0.4 is 0 Å². The molecule has 2 aromatic rings. The molecule has 0 amide bonds. The molecule has 1 aromatic carbocycles. The summed E-state index contributed by atoms with van der Waals surface area (Å²) in [7, 11) is 0. The molecule has 4 rings (SSSR count). The van der Waals surface area contributed by atoms with E-state index in [9.17, 15) is 9.50 Å². The van der Waals surface area contributed by atoms with Crippen molar-refractivity contribution < 1.29 is 13.9 Å². The van der Waals surface area contributed by atoms with Gasteiger partial charge < -0.3 is 9.52 Å². The minimum Gasteiger partial charge on any atom is -0.458 e. The average Bonchev–Trinajstić information content (AvgIpc) is 3.04. The maximum atomic E-state index is 13.4. The van der Waals surface area contributed by atoms with Gasteiger partial charge in [-0.3, -0.25) is 0 Å². The van der Waals surface area contributed by atoms with Crippen molar-refractivity contribution >= 4 is 11.0 Å². The van der Waals surface area contributed by atoms with E-state index in [1.54, 1.807) is 6.07 Å². The van der Waals surface area contributed by atoms with Crippen LogP contribution in [0.5, 0.6) is 0 Å². The molecular weight excluding hydrogens is 267 g/mol. The summed E-state index contributed by atoms with van der Waals surface area (Å²) in [4.78, 5) is 0. The SMILES string of the molecule is CC12CCC(C1)C(C)(C)C2(O)c1cc2cc(F)ccc2o1. The Morgan fingerprint density at radius 3 is 2.67 bits per heavy atom. The van der Waals surface area contributed by atoms with Crippen LogP contribution in [0.2, 0.25) is 0 Å². The van der Waals surface area contributed by atoms with Crippen LogP contribution in [0, 0.1) is 22.6 Å². The summed E-state index contributed by atoms with van der Waals surface area (Å²) in [5.41, 5.74) is -0.736. The molecule has 2 bridgehead atoms. The molecule has 3 unspecified atom stereocenters. The second-order valence-electron chi connectivity index (χ2n) is 7.73. The lowest BCUT2D eigenvalue weighted by atomic mass is 9.59. The summed E-state index contributed by atoms with van der Waals surface area (Å²) < 4.78 is 19.3. The molecule has 112 valence electrons. The van der Waals surface area contributed by atoms with Gasteiger partial charge in [-0.2, -0.15) is 0 Å². The number of hydrogen-bond acceptors (Lipinski definition) is 2. The van der Waals surface area contributed by atoms with Gasteiger partial charge >= 0.3 is 0 Å². The van der Waals surface area contributed by atoms with Crippen LogP contribution in [0.15, 0.2) is 28.7 Å². The highest BCUT2D eigenvalue weighted by Crippen LogP contribution is 2.71. The first-order valence-electron chi connectivity index (χ1n) is 7.70. The largest absolute Gasteiger partial charge is 0.458 e. The smallest absolute Gasteiger partial charge is 0.138 e. The van der Waals surface area contributed by atoms with Crippen molar-refractivity contribution in [3.8, 4) is 0 Å². The summed E-state index contributed by atoms with van der Waals surface area (Å²) in [5.74, 6) is 0.829. The Bertz CT molecular complexity index is 725. The zero-order valence-corrected chi connectivity index (χ0v) is 12.7. The average molecular weight is 288 g/mol. The van der Waals surface area contributed by atoms with E-state index in [0.717, 1.165) is 18.2 Å². The molecule has 0 radical (unpaired) electrons. The quantitative estimate of drug-likeness (QED) is 0.831. The van der Waals surface area contributed by atoms with E-state index in [1.165, 1.54) is 18.6 Å². The molecular formula is C18H21FO2. The van der Waals surface area contributed by atoms with Crippen LogP contribution in [0.4, 0.5) is 4.39 Å². The Kier molecular flexibility index (Phi) is 2.34. The predicted molar refractivity (Wildman–Crippen MR) is 79.3 cm³/mol. The number of fused-ring (bicyclic) bond motifs is 3. The summed E-state index contributed by atoms with van der Waals surface area (Å²) in [6.45, 7) is 6.43. The number of furan rings is 1. The van der Waals surface area contributed by atoms with Gasteiger partial charge in [-0.1, -0.05) is 20.8 Å². The van der Waals surface area contributed by atoms with Gasteiger partial charge in [-0.05, 0) is 49.4 Å². The second-order valence-corrected chi connectivity index (χ2v) is 7.73. The highest BCUT2D eigenvalue weighted by Gasteiger charge is 2.70. The van der Waals surface area contributed by atoms with Crippen LogP contribution in [0.3, 0.4) is 0 Å². The third-order valence-electron chi connectivity index (χ3n) is 6.40. The molecule has 0 spiro atoms. The van der Waals surface area contributed by atoms with Crippen molar-refractivity contribution in [1.82, 2.24) is 0 Å². The Morgan fingerprint density at radius 2 is 2.00 bits per heavy atom. The van der Waals surface area contributed by atoms with E-state index in [1.807, 2.05) is 6.07 Å². The fourth-order valence-corrected chi connectivity index (χ4v) is 5.07. The van der Waals surface area contributed by atoms with Gasteiger partial charge in [0.05, 0.1) is 0 Å². The topological polar surface area (TPSA) is 33.4 Å².